The fourth-order valence-electron chi connectivity index (χ4n) is 2.38. The van der Waals surface area contributed by atoms with E-state index in [2.05, 4.69) is 10.3 Å². The molecule has 0 radical (unpaired) electrons. The summed E-state index contributed by atoms with van der Waals surface area (Å²) in [6.07, 6.45) is 4.01. The van der Waals surface area contributed by atoms with E-state index in [1.165, 1.54) is 0 Å². The number of amides is 1. The molecule has 1 atom stereocenters. The maximum absolute atomic E-state index is 11.9. The van der Waals surface area contributed by atoms with E-state index >= 15 is 0 Å². The predicted octanol–water partition coefficient (Wildman–Crippen LogP) is 1.33. The van der Waals surface area contributed by atoms with E-state index in [9.17, 15) is 4.79 Å². The molecule has 2 aromatic rings. The Morgan fingerprint density at radius 1 is 1.47 bits per heavy atom. The molecule has 1 aromatic heterocycles. The normalized spacial score (nSPS) is 18.8. The van der Waals surface area contributed by atoms with Crippen LogP contribution in [0.25, 0.3) is 11.0 Å². The Bertz CT molecular complexity index is 573. The Morgan fingerprint density at radius 2 is 2.37 bits per heavy atom. The van der Waals surface area contributed by atoms with Gasteiger partial charge in [-0.1, -0.05) is 12.1 Å². The number of aromatic nitrogens is 2. The summed E-state index contributed by atoms with van der Waals surface area (Å²) in [5, 5.41) is 2.92. The van der Waals surface area contributed by atoms with Crippen molar-refractivity contribution >= 4 is 16.9 Å². The van der Waals surface area contributed by atoms with Crippen molar-refractivity contribution in [1.82, 2.24) is 14.9 Å². The van der Waals surface area contributed by atoms with Gasteiger partial charge in [0.1, 0.15) is 6.54 Å². The van der Waals surface area contributed by atoms with Gasteiger partial charge in [0.15, 0.2) is 0 Å². The topological polar surface area (TPSA) is 56.2 Å². The Balaban J connectivity index is 1.59. The summed E-state index contributed by atoms with van der Waals surface area (Å²) in [5.41, 5.74) is 1.89. The number of nitrogens with zero attached hydrogens (tertiary/aromatic N) is 2. The van der Waals surface area contributed by atoms with Gasteiger partial charge in [0.25, 0.3) is 0 Å². The number of imidazole rings is 1. The SMILES string of the molecule is O=C(Cn1cnc2ccccc21)NC[C@H]1CCCO1. The predicted molar refractivity (Wildman–Crippen MR) is 71.7 cm³/mol. The maximum Gasteiger partial charge on any atom is 0.240 e. The van der Waals surface area contributed by atoms with Crippen LogP contribution in [0.2, 0.25) is 0 Å². The van der Waals surface area contributed by atoms with Gasteiger partial charge in [-0.05, 0) is 25.0 Å². The summed E-state index contributed by atoms with van der Waals surface area (Å²) in [5.74, 6) is -0.00125. The second-order valence-electron chi connectivity index (χ2n) is 4.80. The summed E-state index contributed by atoms with van der Waals surface area (Å²) in [7, 11) is 0. The first-order valence-electron chi connectivity index (χ1n) is 6.61. The molecule has 1 aliphatic rings. The first-order chi connectivity index (χ1) is 9.33. The first-order valence-corrected chi connectivity index (χ1v) is 6.61. The molecule has 2 heterocycles. The van der Waals surface area contributed by atoms with Gasteiger partial charge >= 0.3 is 0 Å². The van der Waals surface area contributed by atoms with Gasteiger partial charge in [0.05, 0.1) is 23.5 Å². The Labute approximate surface area is 111 Å². The van der Waals surface area contributed by atoms with E-state index in [0.717, 1.165) is 30.5 Å². The van der Waals surface area contributed by atoms with Crippen LogP contribution in [-0.2, 0) is 16.1 Å². The number of carbonyl (C=O) groups excluding carboxylic acids is 1. The van der Waals surface area contributed by atoms with E-state index in [1.807, 2.05) is 28.8 Å². The molecule has 0 unspecified atom stereocenters. The Morgan fingerprint density at radius 3 is 3.21 bits per heavy atom. The third-order valence-electron chi connectivity index (χ3n) is 3.39. The molecule has 100 valence electrons. The van der Waals surface area contributed by atoms with Crippen LogP contribution in [0, 0.1) is 0 Å². The fourth-order valence-corrected chi connectivity index (χ4v) is 2.38. The summed E-state index contributed by atoms with van der Waals surface area (Å²) >= 11 is 0. The monoisotopic (exact) mass is 259 g/mol. The summed E-state index contributed by atoms with van der Waals surface area (Å²) in [6, 6.07) is 7.80. The molecule has 5 heteroatoms. The number of carbonyl (C=O) groups is 1. The summed E-state index contributed by atoms with van der Waals surface area (Å²) in [4.78, 5) is 16.2. The summed E-state index contributed by atoms with van der Waals surface area (Å²) < 4.78 is 7.34. The van der Waals surface area contributed by atoms with Gasteiger partial charge in [-0.2, -0.15) is 0 Å². The van der Waals surface area contributed by atoms with Crippen LogP contribution in [-0.4, -0.2) is 34.7 Å². The standard InChI is InChI=1S/C14H17N3O2/c18-14(15-8-11-4-3-7-19-11)9-17-10-16-12-5-1-2-6-13(12)17/h1-2,5-6,10-11H,3-4,7-9H2,(H,15,18)/t11-/m1/s1. The highest BCUT2D eigenvalue weighted by molar-refractivity contribution is 5.80. The molecule has 0 saturated carbocycles. The molecule has 1 fully saturated rings. The van der Waals surface area contributed by atoms with E-state index in [4.69, 9.17) is 4.74 Å². The van der Waals surface area contributed by atoms with Gasteiger partial charge in [0, 0.05) is 13.2 Å². The molecular formula is C14H17N3O2. The largest absolute Gasteiger partial charge is 0.376 e. The van der Waals surface area contributed by atoms with Gasteiger partial charge in [-0.25, -0.2) is 4.98 Å². The van der Waals surface area contributed by atoms with Crippen molar-refractivity contribution < 1.29 is 9.53 Å². The van der Waals surface area contributed by atoms with Crippen molar-refractivity contribution in [1.29, 1.82) is 0 Å². The van der Waals surface area contributed by atoms with Crippen LogP contribution in [0.1, 0.15) is 12.8 Å². The number of hydrogen-bond acceptors (Lipinski definition) is 3. The van der Waals surface area contributed by atoms with Crippen molar-refractivity contribution in [2.45, 2.75) is 25.5 Å². The molecule has 5 nitrogen and oxygen atoms in total. The number of rotatable bonds is 4. The summed E-state index contributed by atoms with van der Waals surface area (Å²) in [6.45, 7) is 1.71. The van der Waals surface area contributed by atoms with E-state index in [1.54, 1.807) is 6.33 Å². The molecule has 0 spiro atoms. The number of fused-ring (bicyclic) bond motifs is 1. The van der Waals surface area contributed by atoms with Crippen LogP contribution in [0.3, 0.4) is 0 Å². The molecular weight excluding hydrogens is 242 g/mol. The van der Waals surface area contributed by atoms with E-state index < -0.39 is 0 Å². The van der Waals surface area contributed by atoms with E-state index in [0.29, 0.717) is 13.1 Å². The smallest absolute Gasteiger partial charge is 0.240 e. The quantitative estimate of drug-likeness (QED) is 0.901. The average molecular weight is 259 g/mol. The Kier molecular flexibility index (Phi) is 3.46. The third-order valence-corrected chi connectivity index (χ3v) is 3.39. The lowest BCUT2D eigenvalue weighted by atomic mass is 10.2. The number of para-hydroxylation sites is 2. The Hall–Kier alpha value is -1.88. The van der Waals surface area contributed by atoms with Gasteiger partial charge in [-0.15, -0.1) is 0 Å². The first kappa shape index (κ1) is 12.2. The minimum Gasteiger partial charge on any atom is -0.376 e. The highest BCUT2D eigenvalue weighted by Gasteiger charge is 2.16. The molecule has 1 saturated heterocycles. The van der Waals surface area contributed by atoms with Gasteiger partial charge < -0.3 is 14.6 Å². The van der Waals surface area contributed by atoms with Crippen molar-refractivity contribution in [3.8, 4) is 0 Å². The van der Waals surface area contributed by atoms with Gasteiger partial charge in [-0.3, -0.25) is 4.79 Å². The van der Waals surface area contributed by atoms with Crippen molar-refractivity contribution in [2.24, 2.45) is 0 Å². The highest BCUT2D eigenvalue weighted by Crippen LogP contribution is 2.12. The molecule has 0 bridgehead atoms. The lowest BCUT2D eigenvalue weighted by molar-refractivity contribution is -0.122. The third kappa shape index (κ3) is 2.76. The molecule has 1 aliphatic heterocycles. The molecule has 0 aliphatic carbocycles. The second kappa shape index (κ2) is 5.40. The molecule has 1 aromatic carbocycles. The van der Waals surface area contributed by atoms with Crippen molar-refractivity contribution in [3.05, 3.63) is 30.6 Å². The lowest BCUT2D eigenvalue weighted by Crippen LogP contribution is -2.34. The van der Waals surface area contributed by atoms with Crippen LogP contribution in [0.15, 0.2) is 30.6 Å². The molecule has 1 amide bonds. The zero-order valence-corrected chi connectivity index (χ0v) is 10.7. The zero-order valence-electron chi connectivity index (χ0n) is 10.7. The van der Waals surface area contributed by atoms with Crippen LogP contribution in [0.5, 0.6) is 0 Å². The van der Waals surface area contributed by atoms with Crippen molar-refractivity contribution in [3.63, 3.8) is 0 Å². The van der Waals surface area contributed by atoms with Crippen LogP contribution >= 0.6 is 0 Å². The number of nitrogens with one attached hydrogen (secondary N) is 1. The van der Waals surface area contributed by atoms with Crippen LogP contribution < -0.4 is 5.32 Å². The van der Waals surface area contributed by atoms with Gasteiger partial charge in [0.2, 0.25) is 5.91 Å². The molecule has 19 heavy (non-hydrogen) atoms. The second-order valence-corrected chi connectivity index (χ2v) is 4.80. The van der Waals surface area contributed by atoms with Crippen LogP contribution in [0.4, 0.5) is 0 Å². The zero-order chi connectivity index (χ0) is 13.1. The minimum absolute atomic E-state index is 0.00125. The maximum atomic E-state index is 11.9. The minimum atomic E-state index is -0.00125. The number of benzene rings is 1. The van der Waals surface area contributed by atoms with Crippen molar-refractivity contribution in [2.75, 3.05) is 13.2 Å². The average Bonchev–Trinajstić information content (AvgIpc) is 3.07. The number of ether oxygens (including phenoxy) is 1. The van der Waals surface area contributed by atoms with E-state index in [-0.39, 0.29) is 12.0 Å². The lowest BCUT2D eigenvalue weighted by Gasteiger charge is -2.11. The molecule has 3 rings (SSSR count). The molecule has 1 N–H and O–H groups in total. The highest BCUT2D eigenvalue weighted by atomic mass is 16.5. The fraction of sp³-hybridized carbons (Fsp3) is 0.429. The number of hydrogen-bond donors (Lipinski definition) is 1.